The normalized spacial score (nSPS) is 13.3. The van der Waals surface area contributed by atoms with Gasteiger partial charge in [0.2, 0.25) is 0 Å². The maximum absolute atomic E-state index is 14.0. The van der Waals surface area contributed by atoms with Crippen molar-refractivity contribution in [2.75, 3.05) is 6.61 Å². The quantitative estimate of drug-likeness (QED) is 0.598. The molecule has 0 saturated heterocycles. The first-order valence-electron chi connectivity index (χ1n) is 8.19. The molecule has 0 fully saturated rings. The average molecular weight is 415 g/mol. The number of aliphatic hydroxyl groups excluding tert-OH is 1. The molecular formula is C17H14F5N5O2. The van der Waals surface area contributed by atoms with E-state index in [9.17, 15) is 27.1 Å². The molecule has 0 aliphatic rings. The summed E-state index contributed by atoms with van der Waals surface area (Å²) in [5, 5.41) is 19.1. The minimum Gasteiger partial charge on any atom is -0.484 e. The molecule has 3 aromatic rings. The fraction of sp³-hybridized carbons (Fsp3) is 0.294. The summed E-state index contributed by atoms with van der Waals surface area (Å²) in [7, 11) is 0. The van der Waals surface area contributed by atoms with Crippen molar-refractivity contribution in [3.63, 3.8) is 0 Å². The summed E-state index contributed by atoms with van der Waals surface area (Å²) >= 11 is 0. The second kappa shape index (κ2) is 8.07. The minimum atomic E-state index is -4.43. The van der Waals surface area contributed by atoms with Gasteiger partial charge in [-0.15, -0.1) is 5.10 Å². The summed E-state index contributed by atoms with van der Waals surface area (Å²) in [6.07, 6.45) is -4.87. The highest BCUT2D eigenvalue weighted by Gasteiger charge is 2.42. The standard InChI is InChI=1S/C17H14F5N5O2/c18-16(19,20)9-29-14-5-2-11(3-6-14)12-1-4-13(23-8-12)7-15(28)17(21,22)27-10-24-25-26-27/h1-6,8,10,15,28H,7,9H2/t15-/m0/s1. The molecule has 3 rings (SSSR count). The topological polar surface area (TPSA) is 86.0 Å². The maximum atomic E-state index is 14.0. The lowest BCUT2D eigenvalue weighted by atomic mass is 10.1. The zero-order valence-electron chi connectivity index (χ0n) is 14.6. The first kappa shape index (κ1) is 20.6. The van der Waals surface area contributed by atoms with Crippen molar-refractivity contribution in [1.29, 1.82) is 0 Å². The van der Waals surface area contributed by atoms with Gasteiger partial charge in [-0.3, -0.25) is 4.98 Å². The number of alkyl halides is 5. The van der Waals surface area contributed by atoms with E-state index in [1.807, 2.05) is 0 Å². The molecule has 0 spiro atoms. The molecule has 0 aliphatic heterocycles. The molecule has 12 heteroatoms. The summed E-state index contributed by atoms with van der Waals surface area (Å²) in [4.78, 5) is 4.05. The van der Waals surface area contributed by atoms with Gasteiger partial charge >= 0.3 is 12.2 Å². The maximum Gasteiger partial charge on any atom is 0.422 e. The number of nitrogens with zero attached hydrogens (tertiary/aromatic N) is 5. The van der Waals surface area contributed by atoms with Crippen LogP contribution in [0.25, 0.3) is 11.1 Å². The molecule has 1 N–H and O–H groups in total. The van der Waals surface area contributed by atoms with Crippen LogP contribution in [0.4, 0.5) is 22.0 Å². The lowest BCUT2D eigenvalue weighted by Gasteiger charge is -2.21. The molecule has 0 radical (unpaired) electrons. The molecule has 0 unspecified atom stereocenters. The van der Waals surface area contributed by atoms with Gasteiger partial charge in [0.05, 0.1) is 0 Å². The molecule has 0 aliphatic carbocycles. The van der Waals surface area contributed by atoms with Crippen LogP contribution in [0.15, 0.2) is 48.9 Å². The monoisotopic (exact) mass is 415 g/mol. The van der Waals surface area contributed by atoms with E-state index in [1.54, 1.807) is 18.2 Å². The Kier molecular flexibility index (Phi) is 5.73. The molecule has 0 amide bonds. The van der Waals surface area contributed by atoms with Gasteiger partial charge < -0.3 is 9.84 Å². The lowest BCUT2D eigenvalue weighted by molar-refractivity contribution is -0.179. The molecule has 1 atom stereocenters. The first-order valence-corrected chi connectivity index (χ1v) is 8.19. The number of halogens is 5. The molecule has 0 saturated carbocycles. The summed E-state index contributed by atoms with van der Waals surface area (Å²) in [5.41, 5.74) is 1.46. The molecule has 154 valence electrons. The third-order valence-corrected chi connectivity index (χ3v) is 3.87. The SMILES string of the molecule is O[C@@H](Cc1ccc(-c2ccc(OCC(F)(F)F)cc2)cn1)C(F)(F)n1cnnn1. The van der Waals surface area contributed by atoms with E-state index < -0.39 is 31.4 Å². The Morgan fingerprint density at radius 1 is 1.00 bits per heavy atom. The summed E-state index contributed by atoms with van der Waals surface area (Å²) in [6.45, 7) is -1.39. The van der Waals surface area contributed by atoms with Crippen LogP contribution in [-0.4, -0.2) is 49.2 Å². The van der Waals surface area contributed by atoms with Crippen LogP contribution >= 0.6 is 0 Å². The molecule has 29 heavy (non-hydrogen) atoms. The van der Waals surface area contributed by atoms with Crippen LogP contribution in [0.5, 0.6) is 5.75 Å². The number of aliphatic hydroxyl groups is 1. The highest BCUT2D eigenvalue weighted by molar-refractivity contribution is 5.63. The van der Waals surface area contributed by atoms with Crippen LogP contribution in [0, 0.1) is 0 Å². The van der Waals surface area contributed by atoms with Crippen molar-refractivity contribution in [3.8, 4) is 16.9 Å². The number of tetrazole rings is 1. The van der Waals surface area contributed by atoms with E-state index in [0.717, 1.165) is 0 Å². The Hall–Kier alpha value is -3.15. The van der Waals surface area contributed by atoms with E-state index in [-0.39, 0.29) is 16.1 Å². The Labute approximate surface area is 160 Å². The van der Waals surface area contributed by atoms with Crippen LogP contribution in [0.1, 0.15) is 5.69 Å². The van der Waals surface area contributed by atoms with Crippen molar-refractivity contribution < 1.29 is 31.8 Å². The number of pyridine rings is 1. The molecule has 7 nitrogen and oxygen atoms in total. The number of hydrogen-bond donors (Lipinski definition) is 1. The van der Waals surface area contributed by atoms with Gasteiger partial charge in [-0.2, -0.15) is 26.6 Å². The number of rotatable bonds is 7. The number of aromatic nitrogens is 5. The van der Waals surface area contributed by atoms with E-state index in [0.29, 0.717) is 17.5 Å². The van der Waals surface area contributed by atoms with E-state index in [2.05, 4.69) is 25.2 Å². The Bertz CT molecular complexity index is 915. The predicted octanol–water partition coefficient (Wildman–Crippen LogP) is 2.83. The third kappa shape index (κ3) is 5.22. The fourth-order valence-electron chi connectivity index (χ4n) is 2.40. The van der Waals surface area contributed by atoms with Gasteiger partial charge in [0, 0.05) is 23.9 Å². The second-order valence-corrected chi connectivity index (χ2v) is 6.03. The van der Waals surface area contributed by atoms with Crippen LogP contribution in [0.2, 0.25) is 0 Å². The number of hydrogen-bond acceptors (Lipinski definition) is 6. The van der Waals surface area contributed by atoms with E-state index >= 15 is 0 Å². The largest absolute Gasteiger partial charge is 0.484 e. The lowest BCUT2D eigenvalue weighted by Crippen LogP contribution is -2.39. The van der Waals surface area contributed by atoms with Crippen molar-refractivity contribution in [2.45, 2.75) is 24.7 Å². The van der Waals surface area contributed by atoms with Gasteiger partial charge in [-0.05, 0) is 34.2 Å². The zero-order valence-corrected chi connectivity index (χ0v) is 14.6. The van der Waals surface area contributed by atoms with Gasteiger partial charge in [0.25, 0.3) is 0 Å². The molecule has 2 heterocycles. The van der Waals surface area contributed by atoms with Gasteiger partial charge in [-0.25, -0.2) is 0 Å². The highest BCUT2D eigenvalue weighted by atomic mass is 19.4. The zero-order chi connectivity index (χ0) is 21.1. The van der Waals surface area contributed by atoms with Gasteiger partial charge in [0.1, 0.15) is 18.2 Å². The van der Waals surface area contributed by atoms with Crippen molar-refractivity contribution in [3.05, 3.63) is 54.6 Å². The summed E-state index contributed by atoms with van der Waals surface area (Å²) in [6, 6.07) is 5.19. The number of ether oxygens (including phenoxy) is 1. The first-order chi connectivity index (χ1) is 13.6. The van der Waals surface area contributed by atoms with Crippen molar-refractivity contribution >= 4 is 0 Å². The molecular weight excluding hydrogens is 401 g/mol. The minimum absolute atomic E-state index is 0.0589. The number of benzene rings is 1. The highest BCUT2D eigenvalue weighted by Crippen LogP contribution is 2.27. The molecule has 0 bridgehead atoms. The summed E-state index contributed by atoms with van der Waals surface area (Å²) < 4.78 is 69.4. The van der Waals surface area contributed by atoms with Crippen molar-refractivity contribution in [1.82, 2.24) is 25.2 Å². The Morgan fingerprint density at radius 2 is 1.69 bits per heavy atom. The Morgan fingerprint density at radius 3 is 2.24 bits per heavy atom. The molecule has 1 aromatic carbocycles. The predicted molar refractivity (Wildman–Crippen MR) is 88.9 cm³/mol. The second-order valence-electron chi connectivity index (χ2n) is 6.03. The van der Waals surface area contributed by atoms with Crippen molar-refractivity contribution in [2.24, 2.45) is 0 Å². The van der Waals surface area contributed by atoms with Gasteiger partial charge in [0.15, 0.2) is 6.61 Å². The van der Waals surface area contributed by atoms with E-state index in [1.165, 1.54) is 24.4 Å². The summed E-state index contributed by atoms with van der Waals surface area (Å²) in [5.74, 6) is 0.0589. The van der Waals surface area contributed by atoms with Crippen LogP contribution in [-0.2, 0) is 12.5 Å². The fourth-order valence-corrected chi connectivity index (χ4v) is 2.40. The third-order valence-electron chi connectivity index (χ3n) is 3.87. The van der Waals surface area contributed by atoms with Crippen LogP contribution < -0.4 is 4.74 Å². The van der Waals surface area contributed by atoms with Crippen LogP contribution in [0.3, 0.4) is 0 Å². The van der Waals surface area contributed by atoms with Gasteiger partial charge in [-0.1, -0.05) is 18.2 Å². The van der Waals surface area contributed by atoms with E-state index in [4.69, 9.17) is 0 Å². The Balaban J connectivity index is 1.64. The average Bonchev–Trinajstić information content (AvgIpc) is 3.22. The smallest absolute Gasteiger partial charge is 0.422 e. The molecule has 2 aromatic heterocycles.